The van der Waals surface area contributed by atoms with Gasteiger partial charge in [0, 0.05) is 32.4 Å². The Bertz CT molecular complexity index is 1010. The van der Waals surface area contributed by atoms with E-state index in [-0.39, 0.29) is 43.2 Å². The molecule has 2 fully saturated rings. The molecule has 2 atom stereocenters. The van der Waals surface area contributed by atoms with Crippen molar-refractivity contribution in [2.75, 3.05) is 37.7 Å². The molecule has 13 heteroatoms. The quantitative estimate of drug-likeness (QED) is 0.281. The molecular formula is C23H28F3N7O3. The Kier molecular flexibility index (Phi) is 9.24. The summed E-state index contributed by atoms with van der Waals surface area (Å²) in [5.41, 5.74) is 1.33. The van der Waals surface area contributed by atoms with Crippen LogP contribution in [0.25, 0.3) is 0 Å². The molecule has 2 amide bonds. The molecular weight excluding hydrogens is 479 g/mol. The fourth-order valence-electron chi connectivity index (χ4n) is 3.84. The number of ether oxygens (including phenoxy) is 1. The van der Waals surface area contributed by atoms with E-state index in [0.717, 1.165) is 19.0 Å². The van der Waals surface area contributed by atoms with E-state index in [1.54, 1.807) is 17.0 Å². The minimum atomic E-state index is -4.55. The predicted molar refractivity (Wildman–Crippen MR) is 125 cm³/mol. The van der Waals surface area contributed by atoms with Crippen molar-refractivity contribution in [1.29, 1.82) is 5.26 Å². The number of hydrazone groups is 1. The van der Waals surface area contributed by atoms with Crippen LogP contribution < -0.4 is 15.6 Å². The van der Waals surface area contributed by atoms with Gasteiger partial charge >= 0.3 is 6.18 Å². The second kappa shape index (κ2) is 12.3. The normalized spacial score (nSPS) is 20.9. The molecule has 1 aliphatic heterocycles. The molecule has 2 aliphatic rings. The second-order valence-electron chi connectivity index (χ2n) is 8.41. The van der Waals surface area contributed by atoms with Gasteiger partial charge in [0.1, 0.15) is 11.9 Å². The monoisotopic (exact) mass is 507 g/mol. The van der Waals surface area contributed by atoms with Gasteiger partial charge in [-0.15, -0.1) is 0 Å². The number of nitriles is 1. The maximum Gasteiger partial charge on any atom is 0.414 e. The number of nitrogens with zero attached hydrogens (tertiary/aromatic N) is 5. The molecule has 1 aliphatic carbocycles. The molecule has 0 bridgehead atoms. The standard InChI is InChI=1S/C23H28F3N7O3/c1-16(23(24,25)26)19(14-29-30-15-34)31-18-3-4-20(18)36-11-6-22(35)33-9-7-32(8-10-33)21-5-2-17(12-27)13-28-21/h2,5,13-15,18,20,31H,3-4,6-11H2,1H3,(H,30,34)/b19-16-,29-14-/t18-,20+/m1/s1. The molecule has 3 rings (SSSR count). The Labute approximate surface area is 206 Å². The highest BCUT2D eigenvalue weighted by Gasteiger charge is 2.36. The average molecular weight is 508 g/mol. The number of nitrogens with one attached hydrogen (secondary N) is 2. The van der Waals surface area contributed by atoms with Crippen LogP contribution in [0, 0.1) is 11.3 Å². The van der Waals surface area contributed by atoms with E-state index >= 15 is 0 Å². The summed E-state index contributed by atoms with van der Waals surface area (Å²) in [6.45, 7) is 3.40. The zero-order valence-corrected chi connectivity index (χ0v) is 19.8. The first-order valence-corrected chi connectivity index (χ1v) is 11.5. The molecule has 36 heavy (non-hydrogen) atoms. The van der Waals surface area contributed by atoms with Crippen molar-refractivity contribution in [2.45, 2.75) is 44.5 Å². The van der Waals surface area contributed by atoms with Crippen LogP contribution in [0.5, 0.6) is 0 Å². The van der Waals surface area contributed by atoms with Crippen LogP contribution in [0.3, 0.4) is 0 Å². The van der Waals surface area contributed by atoms with Crippen molar-refractivity contribution in [3.63, 3.8) is 0 Å². The second-order valence-corrected chi connectivity index (χ2v) is 8.41. The van der Waals surface area contributed by atoms with Gasteiger partial charge in [-0.1, -0.05) is 0 Å². The number of carbonyl (C=O) groups excluding carboxylic acids is 2. The molecule has 0 radical (unpaired) electrons. The number of anilines is 1. The number of piperazine rings is 1. The maximum absolute atomic E-state index is 13.2. The number of alkyl halides is 3. The molecule has 2 N–H and O–H groups in total. The van der Waals surface area contributed by atoms with Gasteiger partial charge in [-0.3, -0.25) is 9.59 Å². The smallest absolute Gasteiger partial charge is 0.378 e. The summed E-state index contributed by atoms with van der Waals surface area (Å²) >= 11 is 0. The summed E-state index contributed by atoms with van der Waals surface area (Å²) in [6.07, 6.45) is -0.755. The first-order valence-electron chi connectivity index (χ1n) is 11.5. The summed E-state index contributed by atoms with van der Waals surface area (Å²) in [5, 5.41) is 15.1. The van der Waals surface area contributed by atoms with Crippen LogP contribution in [0.2, 0.25) is 0 Å². The van der Waals surface area contributed by atoms with E-state index < -0.39 is 11.7 Å². The Hall–Kier alpha value is -3.66. The third-order valence-corrected chi connectivity index (χ3v) is 6.18. The van der Waals surface area contributed by atoms with Gasteiger partial charge in [0.05, 0.1) is 48.2 Å². The van der Waals surface area contributed by atoms with Crippen LogP contribution >= 0.6 is 0 Å². The Morgan fingerprint density at radius 3 is 2.61 bits per heavy atom. The van der Waals surface area contributed by atoms with Gasteiger partial charge in [-0.2, -0.15) is 23.5 Å². The lowest BCUT2D eigenvalue weighted by Crippen LogP contribution is -2.51. The molecule has 0 spiro atoms. The maximum atomic E-state index is 13.2. The van der Waals surface area contributed by atoms with Gasteiger partial charge in [0.25, 0.3) is 0 Å². The third-order valence-electron chi connectivity index (χ3n) is 6.18. The van der Waals surface area contributed by atoms with Crippen molar-refractivity contribution in [3.05, 3.63) is 35.2 Å². The lowest BCUT2D eigenvalue weighted by atomic mass is 9.88. The number of amides is 2. The fraction of sp³-hybridized carbons (Fsp3) is 0.522. The minimum Gasteiger partial charge on any atom is -0.378 e. The molecule has 1 saturated carbocycles. The number of halogens is 3. The van der Waals surface area contributed by atoms with E-state index in [9.17, 15) is 22.8 Å². The van der Waals surface area contributed by atoms with E-state index in [1.807, 2.05) is 16.4 Å². The van der Waals surface area contributed by atoms with Crippen molar-refractivity contribution in [3.8, 4) is 6.07 Å². The molecule has 0 unspecified atom stereocenters. The molecule has 1 aromatic heterocycles. The largest absolute Gasteiger partial charge is 0.414 e. The zero-order chi connectivity index (χ0) is 26.1. The van der Waals surface area contributed by atoms with Crippen molar-refractivity contribution >= 4 is 24.3 Å². The summed E-state index contributed by atoms with van der Waals surface area (Å²) in [7, 11) is 0. The van der Waals surface area contributed by atoms with Gasteiger partial charge in [0.2, 0.25) is 12.3 Å². The summed E-state index contributed by atoms with van der Waals surface area (Å²) < 4.78 is 45.2. The molecule has 1 saturated heterocycles. The van der Waals surface area contributed by atoms with Crippen molar-refractivity contribution in [1.82, 2.24) is 20.6 Å². The van der Waals surface area contributed by atoms with Crippen molar-refractivity contribution in [2.24, 2.45) is 5.10 Å². The number of allylic oxidation sites excluding steroid dienone is 2. The number of hydrogen-bond acceptors (Lipinski definition) is 8. The lowest BCUT2D eigenvalue weighted by Gasteiger charge is -2.38. The van der Waals surface area contributed by atoms with Crippen LogP contribution in [0.15, 0.2) is 34.7 Å². The van der Waals surface area contributed by atoms with E-state index in [4.69, 9.17) is 10.00 Å². The molecule has 194 valence electrons. The van der Waals surface area contributed by atoms with Gasteiger partial charge in [-0.05, 0) is 31.9 Å². The fourth-order valence-corrected chi connectivity index (χ4v) is 3.84. The SMILES string of the molecule is C/C(=C(\C=N/NC=O)N[C@@H]1CC[C@@H]1OCCC(=O)N1CCN(c2ccc(C#N)cn2)CC1)C(F)(F)F. The van der Waals surface area contributed by atoms with Crippen molar-refractivity contribution < 1.29 is 27.5 Å². The number of aromatic nitrogens is 1. The van der Waals surface area contributed by atoms with Gasteiger partial charge in [-0.25, -0.2) is 10.4 Å². The summed E-state index contributed by atoms with van der Waals surface area (Å²) in [6, 6.07) is 5.16. The predicted octanol–water partition coefficient (Wildman–Crippen LogP) is 1.70. The molecule has 2 heterocycles. The average Bonchev–Trinajstić information content (AvgIpc) is 2.87. The first-order chi connectivity index (χ1) is 17.2. The minimum absolute atomic E-state index is 0.0492. The zero-order valence-electron chi connectivity index (χ0n) is 19.8. The lowest BCUT2D eigenvalue weighted by molar-refractivity contribution is -0.134. The van der Waals surface area contributed by atoms with E-state index in [2.05, 4.69) is 15.4 Å². The summed E-state index contributed by atoms with van der Waals surface area (Å²) in [5.74, 6) is 0.709. The van der Waals surface area contributed by atoms with Crippen LogP contribution in [-0.4, -0.2) is 79.5 Å². The Balaban J connectivity index is 1.43. The molecule has 1 aromatic rings. The van der Waals surface area contributed by atoms with E-state index in [1.165, 1.54) is 6.20 Å². The van der Waals surface area contributed by atoms with Gasteiger partial charge < -0.3 is 19.9 Å². The van der Waals surface area contributed by atoms with Crippen LogP contribution in [-0.2, 0) is 14.3 Å². The van der Waals surface area contributed by atoms with Gasteiger partial charge in [0.15, 0.2) is 0 Å². The number of hydrogen-bond donors (Lipinski definition) is 2. The van der Waals surface area contributed by atoms with Crippen LogP contribution in [0.4, 0.5) is 19.0 Å². The highest BCUT2D eigenvalue weighted by Crippen LogP contribution is 2.29. The van der Waals surface area contributed by atoms with Crippen LogP contribution in [0.1, 0.15) is 31.7 Å². The number of pyridine rings is 1. The Morgan fingerprint density at radius 1 is 1.31 bits per heavy atom. The third kappa shape index (κ3) is 7.17. The molecule has 10 nitrogen and oxygen atoms in total. The van der Waals surface area contributed by atoms with E-state index in [0.29, 0.717) is 44.6 Å². The number of carbonyl (C=O) groups is 2. The first kappa shape index (κ1) is 26.9. The topological polar surface area (TPSA) is 123 Å². The highest BCUT2D eigenvalue weighted by molar-refractivity contribution is 5.79. The summed E-state index contributed by atoms with van der Waals surface area (Å²) in [4.78, 5) is 31.0. The molecule has 0 aromatic carbocycles. The number of rotatable bonds is 10. The highest BCUT2D eigenvalue weighted by atomic mass is 19.4. The Morgan fingerprint density at radius 2 is 2.06 bits per heavy atom.